The maximum atomic E-state index is 10.9. The average Bonchev–Trinajstić information content (AvgIpc) is 2.11. The topological polar surface area (TPSA) is 54.4 Å². The minimum atomic E-state index is -1.44. The highest BCUT2D eigenvalue weighted by atomic mass is 79.9. The Balaban J connectivity index is 2.91. The van der Waals surface area contributed by atoms with Gasteiger partial charge in [0.1, 0.15) is 0 Å². The Labute approximate surface area is 93.8 Å². The molecule has 1 N–H and O–H groups in total. The molecule has 0 amide bonds. The summed E-state index contributed by atoms with van der Waals surface area (Å²) in [4.78, 5) is 21.2. The van der Waals surface area contributed by atoms with E-state index in [0.29, 0.717) is 10.6 Å². The van der Waals surface area contributed by atoms with E-state index in [4.69, 9.17) is 16.7 Å². The summed E-state index contributed by atoms with van der Waals surface area (Å²) in [6.45, 7) is 0. The van der Waals surface area contributed by atoms with Crippen molar-refractivity contribution in [2.45, 2.75) is 6.42 Å². The van der Waals surface area contributed by atoms with E-state index < -0.39 is 11.8 Å². The lowest BCUT2D eigenvalue weighted by molar-refractivity contribution is -0.148. The van der Waals surface area contributed by atoms with Crippen LogP contribution < -0.4 is 0 Å². The third-order valence-corrected chi connectivity index (χ3v) is 2.46. The molecule has 0 saturated heterocycles. The second-order valence-electron chi connectivity index (χ2n) is 2.64. The summed E-state index contributed by atoms with van der Waals surface area (Å²) in [7, 11) is 0. The van der Waals surface area contributed by atoms with Crippen molar-refractivity contribution in [3.63, 3.8) is 0 Å². The van der Waals surface area contributed by atoms with Crippen molar-refractivity contribution in [3.05, 3.63) is 33.3 Å². The molecule has 0 aromatic heterocycles. The first-order valence-corrected chi connectivity index (χ1v) is 4.88. The van der Waals surface area contributed by atoms with Crippen molar-refractivity contribution < 1.29 is 14.7 Å². The van der Waals surface area contributed by atoms with Gasteiger partial charge in [-0.2, -0.15) is 0 Å². The second kappa shape index (κ2) is 4.57. The number of benzene rings is 1. The standard InChI is InChI=1S/C9H6BrClO3/c10-6-1-2-7(11)5(3-6)4-8(12)9(13)14/h1-3H,4H2,(H,13,14). The zero-order chi connectivity index (χ0) is 10.7. The highest BCUT2D eigenvalue weighted by Gasteiger charge is 2.14. The third-order valence-electron chi connectivity index (χ3n) is 1.60. The van der Waals surface area contributed by atoms with Crippen LogP contribution in [-0.2, 0) is 16.0 Å². The molecule has 14 heavy (non-hydrogen) atoms. The fourth-order valence-electron chi connectivity index (χ4n) is 0.927. The van der Waals surface area contributed by atoms with Crippen molar-refractivity contribution in [1.82, 2.24) is 0 Å². The van der Waals surface area contributed by atoms with Crippen molar-refractivity contribution in [2.75, 3.05) is 0 Å². The normalized spacial score (nSPS) is 9.86. The summed E-state index contributed by atoms with van der Waals surface area (Å²) in [6.07, 6.45) is -0.187. The van der Waals surface area contributed by atoms with E-state index in [0.717, 1.165) is 4.47 Å². The van der Waals surface area contributed by atoms with Crippen LogP contribution >= 0.6 is 27.5 Å². The van der Waals surface area contributed by atoms with E-state index in [1.807, 2.05) is 0 Å². The highest BCUT2D eigenvalue weighted by molar-refractivity contribution is 9.10. The molecule has 0 atom stereocenters. The Morgan fingerprint density at radius 2 is 2.07 bits per heavy atom. The maximum Gasteiger partial charge on any atom is 0.372 e. The predicted molar refractivity (Wildman–Crippen MR) is 55.5 cm³/mol. The number of ketones is 1. The number of carboxylic acids is 1. The predicted octanol–water partition coefficient (Wildman–Crippen LogP) is 2.30. The van der Waals surface area contributed by atoms with E-state index in [1.165, 1.54) is 0 Å². The minimum Gasteiger partial charge on any atom is -0.475 e. The Kier molecular flexibility index (Phi) is 3.66. The van der Waals surface area contributed by atoms with E-state index in [9.17, 15) is 9.59 Å². The minimum absolute atomic E-state index is 0.187. The van der Waals surface area contributed by atoms with E-state index in [1.54, 1.807) is 18.2 Å². The smallest absolute Gasteiger partial charge is 0.372 e. The SMILES string of the molecule is O=C(O)C(=O)Cc1cc(Br)ccc1Cl. The molecule has 0 spiro atoms. The molecule has 1 aromatic carbocycles. The van der Waals surface area contributed by atoms with Gasteiger partial charge in [-0.15, -0.1) is 0 Å². The maximum absolute atomic E-state index is 10.9. The summed E-state index contributed by atoms with van der Waals surface area (Å²) in [6, 6.07) is 4.95. The number of rotatable bonds is 3. The van der Waals surface area contributed by atoms with Gasteiger partial charge in [-0.25, -0.2) is 4.79 Å². The van der Waals surface area contributed by atoms with Gasteiger partial charge < -0.3 is 5.11 Å². The van der Waals surface area contributed by atoms with E-state index >= 15 is 0 Å². The molecule has 0 saturated carbocycles. The Hall–Kier alpha value is -0.870. The zero-order valence-electron chi connectivity index (χ0n) is 6.96. The molecule has 0 aliphatic carbocycles. The summed E-state index contributed by atoms with van der Waals surface area (Å²) in [5, 5.41) is 8.79. The fourth-order valence-corrected chi connectivity index (χ4v) is 1.52. The number of aliphatic carboxylic acids is 1. The van der Waals surface area contributed by atoms with Crippen molar-refractivity contribution in [2.24, 2.45) is 0 Å². The summed E-state index contributed by atoms with van der Waals surface area (Å²) >= 11 is 8.98. The van der Waals surface area contributed by atoms with Gasteiger partial charge in [0.2, 0.25) is 5.78 Å². The molecule has 0 fully saturated rings. The molecule has 5 heteroatoms. The summed E-state index contributed by atoms with van der Waals surface area (Å²) < 4.78 is 0.759. The molecule has 0 heterocycles. The number of carbonyl (C=O) groups excluding carboxylic acids is 1. The van der Waals surface area contributed by atoms with Gasteiger partial charge in [0.15, 0.2) is 0 Å². The van der Waals surface area contributed by atoms with Crippen LogP contribution in [0.5, 0.6) is 0 Å². The largest absolute Gasteiger partial charge is 0.475 e. The van der Waals surface area contributed by atoms with Gasteiger partial charge in [0, 0.05) is 15.9 Å². The van der Waals surface area contributed by atoms with Crippen LogP contribution in [-0.4, -0.2) is 16.9 Å². The lowest BCUT2D eigenvalue weighted by Gasteiger charge is -2.01. The number of carbonyl (C=O) groups is 2. The van der Waals surface area contributed by atoms with Crippen LogP contribution in [0.15, 0.2) is 22.7 Å². The van der Waals surface area contributed by atoms with Gasteiger partial charge in [-0.3, -0.25) is 4.79 Å². The molecular formula is C9H6BrClO3. The first kappa shape index (κ1) is 11.2. The molecule has 1 aromatic rings. The van der Waals surface area contributed by atoms with Gasteiger partial charge in [0.25, 0.3) is 0 Å². The summed E-state index contributed by atoms with van der Waals surface area (Å²) in [5.74, 6) is -2.31. The first-order chi connectivity index (χ1) is 6.50. The van der Waals surface area contributed by atoms with Crippen LogP contribution in [0.1, 0.15) is 5.56 Å². The van der Waals surface area contributed by atoms with Crippen molar-refractivity contribution in [3.8, 4) is 0 Å². The number of Topliss-reactive ketones (excluding diaryl/α,β-unsaturated/α-hetero) is 1. The molecule has 0 unspecified atom stereocenters. The van der Waals surface area contributed by atoms with Crippen LogP contribution in [0.3, 0.4) is 0 Å². The Morgan fingerprint density at radius 3 is 2.64 bits per heavy atom. The van der Waals surface area contributed by atoms with Crippen LogP contribution in [0, 0.1) is 0 Å². The lowest BCUT2D eigenvalue weighted by Crippen LogP contribution is -2.15. The van der Waals surface area contributed by atoms with Crippen molar-refractivity contribution in [1.29, 1.82) is 0 Å². The molecule has 0 aliphatic rings. The lowest BCUT2D eigenvalue weighted by atomic mass is 10.1. The fraction of sp³-hybridized carbons (Fsp3) is 0.111. The van der Waals surface area contributed by atoms with Crippen LogP contribution in [0.4, 0.5) is 0 Å². The van der Waals surface area contributed by atoms with Gasteiger partial charge in [-0.05, 0) is 23.8 Å². The second-order valence-corrected chi connectivity index (χ2v) is 3.96. The van der Waals surface area contributed by atoms with Crippen molar-refractivity contribution >= 4 is 39.3 Å². The number of halogens is 2. The summed E-state index contributed by atoms with van der Waals surface area (Å²) in [5.41, 5.74) is 0.508. The quantitative estimate of drug-likeness (QED) is 0.863. The number of carboxylic acid groups (broad SMARTS) is 1. The molecule has 0 aliphatic heterocycles. The zero-order valence-corrected chi connectivity index (χ0v) is 9.30. The third kappa shape index (κ3) is 2.82. The molecule has 3 nitrogen and oxygen atoms in total. The number of hydrogen-bond acceptors (Lipinski definition) is 2. The first-order valence-electron chi connectivity index (χ1n) is 3.70. The highest BCUT2D eigenvalue weighted by Crippen LogP contribution is 2.21. The molecule has 74 valence electrons. The average molecular weight is 278 g/mol. The van der Waals surface area contributed by atoms with Crippen LogP contribution in [0.2, 0.25) is 5.02 Å². The van der Waals surface area contributed by atoms with Crippen LogP contribution in [0.25, 0.3) is 0 Å². The monoisotopic (exact) mass is 276 g/mol. The van der Waals surface area contributed by atoms with E-state index in [2.05, 4.69) is 15.9 Å². The Bertz CT molecular complexity index is 390. The van der Waals surface area contributed by atoms with E-state index in [-0.39, 0.29) is 6.42 Å². The molecule has 1 rings (SSSR count). The molecule has 0 bridgehead atoms. The molecular weight excluding hydrogens is 271 g/mol. The van der Waals surface area contributed by atoms with Gasteiger partial charge >= 0.3 is 5.97 Å². The van der Waals surface area contributed by atoms with Gasteiger partial charge in [0.05, 0.1) is 0 Å². The van der Waals surface area contributed by atoms with Gasteiger partial charge in [-0.1, -0.05) is 27.5 Å². The number of hydrogen-bond donors (Lipinski definition) is 1. The molecule has 0 radical (unpaired) electrons. The Morgan fingerprint density at radius 1 is 1.43 bits per heavy atom.